The average Bonchev–Trinajstić information content (AvgIpc) is 2.76. The van der Waals surface area contributed by atoms with E-state index >= 15 is 0 Å². The van der Waals surface area contributed by atoms with Gasteiger partial charge in [-0.15, -0.1) is 0 Å². The van der Waals surface area contributed by atoms with E-state index in [9.17, 15) is 0 Å². The van der Waals surface area contributed by atoms with Crippen LogP contribution >= 0.6 is 0 Å². The van der Waals surface area contributed by atoms with E-state index in [1.165, 1.54) is 29.4 Å². The van der Waals surface area contributed by atoms with Gasteiger partial charge in [0.05, 0.1) is 6.21 Å². The van der Waals surface area contributed by atoms with Crippen LogP contribution in [0.2, 0.25) is 0 Å². The van der Waals surface area contributed by atoms with Crippen molar-refractivity contribution >= 4 is 22.9 Å². The highest BCUT2D eigenvalue weighted by Crippen LogP contribution is 2.26. The van der Waals surface area contributed by atoms with Crippen LogP contribution in [-0.2, 0) is 11.4 Å². The normalized spacial score (nSPS) is 15.7. The van der Waals surface area contributed by atoms with E-state index in [1.54, 1.807) is 13.3 Å². The topological polar surface area (TPSA) is 46.4 Å². The first-order chi connectivity index (χ1) is 15.8. The summed E-state index contributed by atoms with van der Waals surface area (Å²) in [6.07, 6.45) is 1.76. The summed E-state index contributed by atoms with van der Waals surface area (Å²) < 4.78 is 5.89. The molecule has 1 aliphatic heterocycles. The number of fused-ring (bicyclic) bond motifs is 1. The largest absolute Gasteiger partial charge is 0.488 e. The molecule has 1 saturated heterocycles. The number of oxime groups is 1. The minimum atomic E-state index is -0.240. The zero-order valence-corrected chi connectivity index (χ0v) is 20.2. The number of aliphatic imine (C=N–C) groups is 1. The highest BCUT2D eigenvalue weighted by atomic mass is 16.6. The molecule has 1 fully saturated rings. The van der Waals surface area contributed by atoms with Crippen molar-refractivity contribution in [1.82, 2.24) is 4.90 Å². The molecule has 5 nitrogen and oxygen atoms in total. The molecule has 3 aromatic rings. The summed E-state index contributed by atoms with van der Waals surface area (Å²) in [6.45, 7) is 11.7. The van der Waals surface area contributed by atoms with Gasteiger partial charge in [-0.25, -0.2) is 0 Å². The van der Waals surface area contributed by atoms with Gasteiger partial charge in [-0.2, -0.15) is 0 Å². The maximum atomic E-state index is 5.89. The zero-order chi connectivity index (χ0) is 23.4. The molecule has 0 unspecified atom stereocenters. The fourth-order valence-electron chi connectivity index (χ4n) is 4.21. The third-order valence-corrected chi connectivity index (χ3v) is 5.64. The molecule has 0 saturated carbocycles. The third-order valence-electron chi connectivity index (χ3n) is 5.64. The van der Waals surface area contributed by atoms with Crippen LogP contribution in [-0.4, -0.2) is 42.8 Å². The predicted octanol–water partition coefficient (Wildman–Crippen LogP) is 5.90. The van der Waals surface area contributed by atoms with E-state index in [2.05, 4.69) is 58.4 Å². The standard InChI is InChI=1S/C28H33N3O2/c1-20-17-31(18-20)19-23-11-10-22(25-8-6-7-9-26(23)25)16-30-33-27(29-5)21-12-14-24(15-13-21)32-28(2,3)4/h6-16,20H,17-19H2,1-5H3/b29-27-,30-16+. The number of rotatable bonds is 6. The Morgan fingerprint density at radius 3 is 2.33 bits per heavy atom. The van der Waals surface area contributed by atoms with Crippen molar-refractivity contribution in [2.24, 2.45) is 16.1 Å². The Bertz CT molecular complexity index is 1150. The Morgan fingerprint density at radius 1 is 1.00 bits per heavy atom. The summed E-state index contributed by atoms with van der Waals surface area (Å²) in [6, 6.07) is 20.5. The van der Waals surface area contributed by atoms with Gasteiger partial charge in [0.2, 0.25) is 0 Å². The number of hydrogen-bond donors (Lipinski definition) is 0. The van der Waals surface area contributed by atoms with Crippen LogP contribution in [0.1, 0.15) is 44.4 Å². The molecule has 0 bridgehead atoms. The Morgan fingerprint density at radius 2 is 1.70 bits per heavy atom. The summed E-state index contributed by atoms with van der Waals surface area (Å²) in [5.74, 6) is 2.07. The number of likely N-dealkylation sites (tertiary alicyclic amines) is 1. The van der Waals surface area contributed by atoms with Crippen LogP contribution in [0, 0.1) is 5.92 Å². The van der Waals surface area contributed by atoms with Crippen LogP contribution in [0.4, 0.5) is 0 Å². The van der Waals surface area contributed by atoms with Gasteiger partial charge < -0.3 is 9.57 Å². The van der Waals surface area contributed by atoms with Gasteiger partial charge in [-0.3, -0.25) is 9.89 Å². The molecule has 3 aromatic carbocycles. The highest BCUT2D eigenvalue weighted by Gasteiger charge is 2.22. The van der Waals surface area contributed by atoms with Crippen molar-refractivity contribution in [3.05, 3.63) is 77.4 Å². The fourth-order valence-corrected chi connectivity index (χ4v) is 4.21. The van der Waals surface area contributed by atoms with Crippen molar-refractivity contribution in [3.8, 4) is 5.75 Å². The first kappa shape index (κ1) is 23.0. The van der Waals surface area contributed by atoms with Crippen molar-refractivity contribution < 1.29 is 9.57 Å². The second-order valence-corrected chi connectivity index (χ2v) is 9.75. The maximum absolute atomic E-state index is 5.89. The quantitative estimate of drug-likeness (QED) is 0.271. The molecule has 5 heteroatoms. The Kier molecular flexibility index (Phi) is 6.80. The average molecular weight is 444 g/mol. The van der Waals surface area contributed by atoms with E-state index in [0.717, 1.165) is 29.3 Å². The zero-order valence-electron chi connectivity index (χ0n) is 20.2. The summed E-state index contributed by atoms with van der Waals surface area (Å²) in [7, 11) is 1.70. The number of hydrogen-bond acceptors (Lipinski definition) is 5. The van der Waals surface area contributed by atoms with Crippen LogP contribution in [0.5, 0.6) is 5.75 Å². The highest BCUT2D eigenvalue weighted by molar-refractivity contribution is 6.01. The predicted molar refractivity (Wildman–Crippen MR) is 136 cm³/mol. The van der Waals surface area contributed by atoms with Crippen LogP contribution < -0.4 is 4.74 Å². The summed E-state index contributed by atoms with van der Waals surface area (Å²) in [5.41, 5.74) is 2.98. The van der Waals surface area contributed by atoms with E-state index in [-0.39, 0.29) is 5.60 Å². The lowest BCUT2D eigenvalue weighted by Crippen LogP contribution is -2.44. The minimum absolute atomic E-state index is 0.240. The van der Waals surface area contributed by atoms with Crippen LogP contribution in [0.15, 0.2) is 70.8 Å². The Balaban J connectivity index is 1.47. The maximum Gasteiger partial charge on any atom is 0.251 e. The van der Waals surface area contributed by atoms with Crippen molar-refractivity contribution in [2.45, 2.75) is 39.8 Å². The molecule has 0 aromatic heterocycles. The fraction of sp³-hybridized carbons (Fsp3) is 0.357. The van der Waals surface area contributed by atoms with Gasteiger partial charge in [0.1, 0.15) is 11.4 Å². The minimum Gasteiger partial charge on any atom is -0.488 e. The molecule has 0 amide bonds. The van der Waals surface area contributed by atoms with Gasteiger partial charge in [-0.05, 0) is 67.3 Å². The SMILES string of the molecule is C/N=C(\O/N=C/c1ccc(CN2CC(C)C2)c2ccccc12)c1ccc(OC(C)(C)C)cc1. The molecule has 0 radical (unpaired) electrons. The smallest absolute Gasteiger partial charge is 0.251 e. The van der Waals surface area contributed by atoms with E-state index in [1.807, 2.05) is 45.0 Å². The lowest BCUT2D eigenvalue weighted by Gasteiger charge is -2.37. The Labute approximate surface area is 196 Å². The molecule has 0 spiro atoms. The van der Waals surface area contributed by atoms with Crippen LogP contribution in [0.25, 0.3) is 10.8 Å². The van der Waals surface area contributed by atoms with Crippen LogP contribution in [0.3, 0.4) is 0 Å². The van der Waals surface area contributed by atoms with E-state index < -0.39 is 0 Å². The molecular weight excluding hydrogens is 410 g/mol. The third kappa shape index (κ3) is 5.79. The lowest BCUT2D eigenvalue weighted by atomic mass is 9.97. The number of ether oxygens (including phenoxy) is 1. The molecule has 1 aliphatic rings. The lowest BCUT2D eigenvalue weighted by molar-refractivity contribution is 0.105. The van der Waals surface area contributed by atoms with Crippen molar-refractivity contribution in [2.75, 3.05) is 20.1 Å². The summed E-state index contributed by atoms with van der Waals surface area (Å²) in [5, 5.41) is 6.69. The summed E-state index contributed by atoms with van der Waals surface area (Å²) >= 11 is 0. The molecule has 33 heavy (non-hydrogen) atoms. The Hall–Kier alpha value is -3.18. The molecule has 4 rings (SSSR count). The second kappa shape index (κ2) is 9.75. The summed E-state index contributed by atoms with van der Waals surface area (Å²) in [4.78, 5) is 12.4. The van der Waals surface area contributed by atoms with Gasteiger partial charge in [0.15, 0.2) is 0 Å². The molecular formula is C28H33N3O2. The molecule has 0 aliphatic carbocycles. The van der Waals surface area contributed by atoms with Gasteiger partial charge >= 0.3 is 0 Å². The van der Waals surface area contributed by atoms with E-state index in [0.29, 0.717) is 5.90 Å². The number of benzene rings is 3. The molecule has 0 atom stereocenters. The molecule has 1 heterocycles. The van der Waals surface area contributed by atoms with Crippen molar-refractivity contribution in [1.29, 1.82) is 0 Å². The van der Waals surface area contributed by atoms with Gasteiger partial charge in [-0.1, -0.05) is 48.5 Å². The first-order valence-corrected chi connectivity index (χ1v) is 11.5. The van der Waals surface area contributed by atoms with Gasteiger partial charge in [0, 0.05) is 37.8 Å². The van der Waals surface area contributed by atoms with Crippen molar-refractivity contribution in [3.63, 3.8) is 0 Å². The first-order valence-electron chi connectivity index (χ1n) is 11.5. The van der Waals surface area contributed by atoms with Gasteiger partial charge in [0.25, 0.3) is 5.90 Å². The number of nitrogens with zero attached hydrogens (tertiary/aromatic N) is 3. The molecule has 172 valence electrons. The second-order valence-electron chi connectivity index (χ2n) is 9.75. The van der Waals surface area contributed by atoms with E-state index in [4.69, 9.17) is 9.57 Å². The molecule has 0 N–H and O–H groups in total. The monoisotopic (exact) mass is 443 g/mol.